The Labute approximate surface area is 164 Å². The van der Waals surface area contributed by atoms with E-state index in [1.54, 1.807) is 6.92 Å². The van der Waals surface area contributed by atoms with Crippen molar-refractivity contribution in [1.29, 1.82) is 0 Å². The Kier molecular flexibility index (Phi) is 4.78. The molecule has 0 saturated carbocycles. The topological polar surface area (TPSA) is 93.8 Å². The number of benzene rings is 1. The highest BCUT2D eigenvalue weighted by Crippen LogP contribution is 2.33. The number of carbonyl (C=O) groups is 1. The van der Waals surface area contributed by atoms with Crippen LogP contribution in [0.3, 0.4) is 0 Å². The van der Waals surface area contributed by atoms with E-state index < -0.39 is 5.97 Å². The fourth-order valence-electron chi connectivity index (χ4n) is 3.21. The molecule has 9 heteroatoms. The monoisotopic (exact) mass is 401 g/mol. The van der Waals surface area contributed by atoms with E-state index in [-0.39, 0.29) is 12.4 Å². The van der Waals surface area contributed by atoms with Gasteiger partial charge in [-0.3, -0.25) is 9.69 Å². The number of thiophene rings is 1. The first-order valence-corrected chi connectivity index (χ1v) is 9.45. The minimum absolute atomic E-state index is 0.244. The van der Waals surface area contributed by atoms with Gasteiger partial charge in [0.25, 0.3) is 5.56 Å². The van der Waals surface area contributed by atoms with Gasteiger partial charge in [-0.1, -0.05) is 6.07 Å². The molecule has 0 radical (unpaired) electrons. The van der Waals surface area contributed by atoms with Gasteiger partial charge < -0.3 is 19.2 Å². The van der Waals surface area contributed by atoms with Crippen LogP contribution in [0.5, 0.6) is 11.5 Å². The second-order valence-corrected chi connectivity index (χ2v) is 7.60. The van der Waals surface area contributed by atoms with Gasteiger partial charge in [0.05, 0.1) is 19.0 Å². The summed E-state index contributed by atoms with van der Waals surface area (Å²) in [5.41, 5.74) is 1.41. The second-order valence-electron chi connectivity index (χ2n) is 6.60. The first kappa shape index (κ1) is 18.5. The summed E-state index contributed by atoms with van der Waals surface area (Å²) in [6.07, 6.45) is 0. The number of esters is 1. The van der Waals surface area contributed by atoms with Crippen molar-refractivity contribution >= 4 is 27.5 Å². The smallest absolute Gasteiger partial charge is 0.348 e. The van der Waals surface area contributed by atoms with Crippen LogP contribution in [-0.4, -0.2) is 41.8 Å². The van der Waals surface area contributed by atoms with Gasteiger partial charge in [-0.25, -0.2) is 9.78 Å². The molecule has 0 saturated heterocycles. The second kappa shape index (κ2) is 7.25. The van der Waals surface area contributed by atoms with E-state index >= 15 is 0 Å². The summed E-state index contributed by atoms with van der Waals surface area (Å²) in [7, 11) is 3.26. The average Bonchev–Trinajstić information content (AvgIpc) is 3.25. The molecule has 0 unspecified atom stereocenters. The number of carbonyl (C=O) groups excluding carboxylic acids is 1. The van der Waals surface area contributed by atoms with E-state index in [0.29, 0.717) is 39.6 Å². The molecule has 0 fully saturated rings. The van der Waals surface area contributed by atoms with Crippen molar-refractivity contribution in [3.05, 3.63) is 50.4 Å². The molecular formula is C19H19N3O5S. The first-order valence-electron chi connectivity index (χ1n) is 8.64. The van der Waals surface area contributed by atoms with Gasteiger partial charge in [-0.2, -0.15) is 0 Å². The molecule has 0 atom stereocenters. The molecule has 0 spiro atoms. The molecule has 28 heavy (non-hydrogen) atoms. The molecule has 0 aliphatic carbocycles. The van der Waals surface area contributed by atoms with Crippen LogP contribution in [0.2, 0.25) is 0 Å². The summed E-state index contributed by atoms with van der Waals surface area (Å²) in [6.45, 7) is 3.07. The van der Waals surface area contributed by atoms with Gasteiger partial charge in [0.15, 0.2) is 11.5 Å². The summed E-state index contributed by atoms with van der Waals surface area (Å²) in [4.78, 5) is 34.7. The Hall–Kier alpha value is -2.91. The summed E-state index contributed by atoms with van der Waals surface area (Å²) in [6, 6.07) is 5.82. The number of aromatic nitrogens is 2. The normalized spacial score (nSPS) is 12.7. The predicted molar refractivity (Wildman–Crippen MR) is 104 cm³/mol. The lowest BCUT2D eigenvalue weighted by Crippen LogP contribution is -2.21. The number of fused-ring (bicyclic) bond motifs is 2. The number of aryl methyl sites for hydroxylation is 1. The summed E-state index contributed by atoms with van der Waals surface area (Å²) >= 11 is 1.17. The molecule has 8 nitrogen and oxygen atoms in total. The summed E-state index contributed by atoms with van der Waals surface area (Å²) < 4.78 is 15.5. The van der Waals surface area contributed by atoms with Gasteiger partial charge in [-0.15, -0.1) is 11.3 Å². The fourth-order valence-corrected chi connectivity index (χ4v) is 4.33. The number of hydrogen-bond acceptors (Lipinski definition) is 8. The third-order valence-corrected chi connectivity index (χ3v) is 5.70. The Morgan fingerprint density at radius 2 is 2.11 bits per heavy atom. The van der Waals surface area contributed by atoms with Crippen LogP contribution in [0, 0.1) is 6.92 Å². The van der Waals surface area contributed by atoms with E-state index in [1.165, 1.54) is 18.4 Å². The van der Waals surface area contributed by atoms with E-state index in [9.17, 15) is 9.59 Å². The maximum atomic E-state index is 12.5. The zero-order chi connectivity index (χ0) is 19.8. The molecule has 146 valence electrons. The molecule has 3 heterocycles. The Balaban J connectivity index is 1.55. The Morgan fingerprint density at radius 1 is 1.32 bits per heavy atom. The van der Waals surface area contributed by atoms with Crippen molar-refractivity contribution in [3.8, 4) is 11.5 Å². The number of rotatable bonds is 5. The number of methoxy groups -OCH3 is 1. The highest BCUT2D eigenvalue weighted by Gasteiger charge is 2.20. The van der Waals surface area contributed by atoms with Crippen molar-refractivity contribution in [2.24, 2.45) is 0 Å². The molecule has 3 aromatic rings. The third kappa shape index (κ3) is 3.34. The van der Waals surface area contributed by atoms with Crippen molar-refractivity contribution in [2.45, 2.75) is 20.0 Å². The average molecular weight is 401 g/mol. The van der Waals surface area contributed by atoms with Crippen LogP contribution in [0.25, 0.3) is 10.2 Å². The lowest BCUT2D eigenvalue weighted by molar-refractivity contribution is 0.0605. The van der Waals surface area contributed by atoms with E-state index in [0.717, 1.165) is 17.1 Å². The molecule has 4 rings (SSSR count). The maximum absolute atomic E-state index is 12.5. The Bertz CT molecular complexity index is 1120. The van der Waals surface area contributed by atoms with Gasteiger partial charge in [0.1, 0.15) is 15.5 Å². The summed E-state index contributed by atoms with van der Waals surface area (Å²) in [5.74, 6) is 1.57. The van der Waals surface area contributed by atoms with Crippen molar-refractivity contribution < 1.29 is 19.0 Å². The van der Waals surface area contributed by atoms with E-state index in [4.69, 9.17) is 14.2 Å². The maximum Gasteiger partial charge on any atom is 0.348 e. The highest BCUT2D eigenvalue weighted by molar-refractivity contribution is 7.20. The third-order valence-electron chi connectivity index (χ3n) is 4.53. The predicted octanol–water partition coefficient (Wildman–Crippen LogP) is 2.44. The van der Waals surface area contributed by atoms with Crippen LogP contribution in [-0.2, 0) is 17.8 Å². The Morgan fingerprint density at radius 3 is 2.89 bits per heavy atom. The quantitative estimate of drug-likeness (QED) is 0.656. The lowest BCUT2D eigenvalue weighted by atomic mass is 10.2. The van der Waals surface area contributed by atoms with E-state index in [1.807, 2.05) is 30.1 Å². The SMILES string of the molecule is COC(=O)c1sc2nc(CN(C)Cc3ccc4c(c3)OCO4)[nH]c(=O)c2c1C. The molecule has 1 aliphatic heterocycles. The number of aromatic amines is 1. The standard InChI is InChI=1S/C19H19N3O5S/c1-10-15-17(23)20-14(21-18(15)28-16(10)19(24)25-3)8-22(2)7-11-4-5-12-13(6-11)27-9-26-12/h4-6H,7-9H2,1-3H3,(H,20,21,23). The van der Waals surface area contributed by atoms with Crippen LogP contribution in [0.1, 0.15) is 26.6 Å². The van der Waals surface area contributed by atoms with Gasteiger partial charge in [-0.05, 0) is 37.2 Å². The zero-order valence-corrected chi connectivity index (χ0v) is 16.5. The molecule has 1 aromatic carbocycles. The first-order chi connectivity index (χ1) is 13.5. The van der Waals surface area contributed by atoms with Crippen molar-refractivity contribution in [1.82, 2.24) is 14.9 Å². The molecule has 1 N–H and O–H groups in total. The summed E-state index contributed by atoms with van der Waals surface area (Å²) in [5, 5.41) is 0.438. The zero-order valence-electron chi connectivity index (χ0n) is 15.7. The fraction of sp³-hybridized carbons (Fsp3) is 0.316. The molecule has 1 aliphatic rings. The number of H-pyrrole nitrogens is 1. The molecule has 0 bridgehead atoms. The van der Waals surface area contributed by atoms with Crippen LogP contribution in [0.4, 0.5) is 0 Å². The van der Waals surface area contributed by atoms with E-state index in [2.05, 4.69) is 9.97 Å². The lowest BCUT2D eigenvalue weighted by Gasteiger charge is -2.16. The van der Waals surface area contributed by atoms with Crippen LogP contribution in [0.15, 0.2) is 23.0 Å². The number of nitrogens with one attached hydrogen (secondary N) is 1. The highest BCUT2D eigenvalue weighted by atomic mass is 32.1. The minimum Gasteiger partial charge on any atom is -0.465 e. The van der Waals surface area contributed by atoms with Gasteiger partial charge in [0, 0.05) is 6.54 Å². The van der Waals surface area contributed by atoms with Gasteiger partial charge in [0.2, 0.25) is 6.79 Å². The number of ether oxygens (including phenoxy) is 3. The van der Waals surface area contributed by atoms with Crippen molar-refractivity contribution in [2.75, 3.05) is 21.0 Å². The minimum atomic E-state index is -0.457. The van der Waals surface area contributed by atoms with Crippen LogP contribution < -0.4 is 15.0 Å². The number of hydrogen-bond donors (Lipinski definition) is 1. The van der Waals surface area contributed by atoms with Gasteiger partial charge >= 0.3 is 5.97 Å². The molecule has 0 amide bonds. The van der Waals surface area contributed by atoms with Crippen LogP contribution >= 0.6 is 11.3 Å². The molecular weight excluding hydrogens is 382 g/mol. The molecule has 2 aromatic heterocycles. The largest absolute Gasteiger partial charge is 0.465 e. The number of nitrogens with zero attached hydrogens (tertiary/aromatic N) is 2. The van der Waals surface area contributed by atoms with Crippen molar-refractivity contribution in [3.63, 3.8) is 0 Å².